The zero-order chi connectivity index (χ0) is 9.40. The fraction of sp³-hybridized carbons (Fsp3) is 0.250. The second kappa shape index (κ2) is 6.07. The second-order valence-corrected chi connectivity index (χ2v) is 1.84. The van der Waals surface area contributed by atoms with E-state index in [1.165, 1.54) is 12.2 Å². The molecule has 4 nitrogen and oxygen atoms in total. The molecule has 64 valence electrons. The number of carbonyl (C=O) groups excluding carboxylic acids is 2. The molecule has 0 aliphatic carbocycles. The predicted molar refractivity (Wildman–Crippen MR) is 43.3 cm³/mol. The Morgan fingerprint density at radius 2 is 2.33 bits per heavy atom. The third-order valence-electron chi connectivity index (χ3n) is 1.01. The topological polar surface area (TPSA) is 55.7 Å². The second-order valence-electron chi connectivity index (χ2n) is 1.84. The number of hydrogen-bond acceptors (Lipinski definition) is 4. The Morgan fingerprint density at radius 1 is 1.67 bits per heavy atom. The van der Waals surface area contributed by atoms with Gasteiger partial charge in [0.2, 0.25) is 6.08 Å². The summed E-state index contributed by atoms with van der Waals surface area (Å²) in [4.78, 5) is 23.6. The number of nitrogens with zero attached hydrogens (tertiary/aromatic N) is 1. The summed E-state index contributed by atoms with van der Waals surface area (Å²) in [5, 5.41) is 0. The summed E-state index contributed by atoms with van der Waals surface area (Å²) < 4.78 is 4.61. The molecule has 12 heavy (non-hydrogen) atoms. The number of isocyanates is 1. The van der Waals surface area contributed by atoms with E-state index in [4.69, 9.17) is 0 Å². The van der Waals surface area contributed by atoms with Crippen LogP contribution >= 0.6 is 0 Å². The maximum Gasteiger partial charge on any atom is 0.337 e. The van der Waals surface area contributed by atoms with Gasteiger partial charge in [-0.2, -0.15) is 0 Å². The molecule has 0 radical (unpaired) electrons. The molecule has 0 amide bonds. The number of ether oxygens (including phenoxy) is 1. The zero-order valence-corrected chi connectivity index (χ0v) is 6.58. The van der Waals surface area contributed by atoms with Crippen LogP contribution in [0.1, 0.15) is 0 Å². The van der Waals surface area contributed by atoms with E-state index in [-0.39, 0.29) is 18.7 Å². The minimum Gasteiger partial charge on any atom is -0.460 e. The van der Waals surface area contributed by atoms with Crippen LogP contribution < -0.4 is 0 Å². The Kier molecular flexibility index (Phi) is 5.22. The van der Waals surface area contributed by atoms with E-state index in [2.05, 4.69) is 22.9 Å². The van der Waals surface area contributed by atoms with Gasteiger partial charge in [-0.3, -0.25) is 0 Å². The molecule has 0 N–H and O–H groups in total. The Bertz CT molecular complexity index is 239. The Balaban J connectivity index is 3.64. The van der Waals surface area contributed by atoms with Crippen LogP contribution in [0.2, 0.25) is 0 Å². The molecule has 0 heterocycles. The van der Waals surface area contributed by atoms with Crippen LogP contribution in [0.4, 0.5) is 0 Å². The predicted octanol–water partition coefficient (Wildman–Crippen LogP) is 0.608. The molecule has 0 saturated carbocycles. The van der Waals surface area contributed by atoms with E-state index >= 15 is 0 Å². The first kappa shape index (κ1) is 10.3. The highest BCUT2D eigenvalue weighted by Gasteiger charge is 2.02. The normalized spacial score (nSPS) is 8.00. The minimum atomic E-state index is -0.550. The van der Waals surface area contributed by atoms with Crippen LogP contribution in [0, 0.1) is 0 Å². The fourth-order valence-corrected chi connectivity index (χ4v) is 0.406. The van der Waals surface area contributed by atoms with Crippen molar-refractivity contribution < 1.29 is 14.3 Å². The van der Waals surface area contributed by atoms with Gasteiger partial charge < -0.3 is 4.74 Å². The average Bonchev–Trinajstić information content (AvgIpc) is 2.10. The lowest BCUT2D eigenvalue weighted by molar-refractivity contribution is -0.138. The Hall–Kier alpha value is -1.67. The van der Waals surface area contributed by atoms with Gasteiger partial charge in [0, 0.05) is 0 Å². The van der Waals surface area contributed by atoms with Crippen molar-refractivity contribution in [2.24, 2.45) is 4.99 Å². The van der Waals surface area contributed by atoms with Crippen molar-refractivity contribution in [1.29, 1.82) is 0 Å². The van der Waals surface area contributed by atoms with E-state index in [0.717, 1.165) is 0 Å². The third-order valence-corrected chi connectivity index (χ3v) is 1.01. The lowest BCUT2D eigenvalue weighted by Crippen LogP contribution is -2.08. The first-order chi connectivity index (χ1) is 5.72. The van der Waals surface area contributed by atoms with Gasteiger partial charge in [-0.15, -0.1) is 0 Å². The molecule has 0 atom stereocenters. The summed E-state index contributed by atoms with van der Waals surface area (Å²) in [5.74, 6) is -0.550. The lowest BCUT2D eigenvalue weighted by Gasteiger charge is -2.00. The van der Waals surface area contributed by atoms with Crippen molar-refractivity contribution in [2.75, 3.05) is 13.2 Å². The van der Waals surface area contributed by atoms with Crippen molar-refractivity contribution in [3.63, 3.8) is 0 Å². The van der Waals surface area contributed by atoms with Crippen molar-refractivity contribution in [3.8, 4) is 0 Å². The summed E-state index contributed by atoms with van der Waals surface area (Å²) in [6.07, 6.45) is 2.62. The maximum absolute atomic E-state index is 10.8. The summed E-state index contributed by atoms with van der Waals surface area (Å²) in [5.41, 5.74) is 0.185. The number of aliphatic imine (C=N–C) groups is 1. The number of esters is 1. The van der Waals surface area contributed by atoms with E-state index in [1.54, 1.807) is 0 Å². The van der Waals surface area contributed by atoms with Gasteiger partial charge in [-0.25, -0.2) is 14.6 Å². The van der Waals surface area contributed by atoms with Crippen LogP contribution in [0.15, 0.2) is 29.8 Å². The monoisotopic (exact) mass is 167 g/mol. The van der Waals surface area contributed by atoms with E-state index in [1.807, 2.05) is 0 Å². The Morgan fingerprint density at radius 3 is 2.83 bits per heavy atom. The molecule has 0 rings (SSSR count). The molecule has 0 spiro atoms. The highest BCUT2D eigenvalue weighted by atomic mass is 16.5. The SMILES string of the molecule is C=CC(=C)C(=O)OCCN=C=O. The lowest BCUT2D eigenvalue weighted by atomic mass is 10.3. The van der Waals surface area contributed by atoms with Gasteiger partial charge in [-0.1, -0.05) is 19.2 Å². The Labute approximate surface area is 70.2 Å². The molecule has 0 aromatic heterocycles. The van der Waals surface area contributed by atoms with Crippen LogP contribution in [0.3, 0.4) is 0 Å². The molecule has 0 aromatic rings. The number of rotatable bonds is 5. The first-order valence-electron chi connectivity index (χ1n) is 3.24. The fourth-order valence-electron chi connectivity index (χ4n) is 0.406. The summed E-state index contributed by atoms with van der Waals surface area (Å²) in [7, 11) is 0. The minimum absolute atomic E-state index is 0.0565. The molecule has 0 aliphatic rings. The quantitative estimate of drug-likeness (QED) is 0.150. The summed E-state index contributed by atoms with van der Waals surface area (Å²) in [6.45, 7) is 6.89. The van der Waals surface area contributed by atoms with E-state index in [0.29, 0.717) is 0 Å². The average molecular weight is 167 g/mol. The van der Waals surface area contributed by atoms with Gasteiger partial charge in [-0.05, 0) is 0 Å². The molecule has 4 heteroatoms. The van der Waals surface area contributed by atoms with Crippen molar-refractivity contribution >= 4 is 12.0 Å². The number of carbonyl (C=O) groups is 1. The van der Waals surface area contributed by atoms with Crippen LogP contribution in [0.25, 0.3) is 0 Å². The van der Waals surface area contributed by atoms with Crippen molar-refractivity contribution in [2.45, 2.75) is 0 Å². The molecule has 0 bridgehead atoms. The van der Waals surface area contributed by atoms with Crippen molar-refractivity contribution in [1.82, 2.24) is 0 Å². The summed E-state index contributed by atoms with van der Waals surface area (Å²) >= 11 is 0. The third kappa shape index (κ3) is 4.19. The van der Waals surface area contributed by atoms with Crippen LogP contribution in [-0.4, -0.2) is 25.2 Å². The highest BCUT2D eigenvalue weighted by molar-refractivity contribution is 5.90. The molecule has 0 unspecified atom stereocenters. The van der Waals surface area contributed by atoms with E-state index < -0.39 is 5.97 Å². The summed E-state index contributed by atoms with van der Waals surface area (Å²) in [6, 6.07) is 0. The maximum atomic E-state index is 10.8. The molecule has 0 aliphatic heterocycles. The van der Waals surface area contributed by atoms with Crippen molar-refractivity contribution in [3.05, 3.63) is 24.8 Å². The van der Waals surface area contributed by atoms with Gasteiger partial charge in [0.25, 0.3) is 0 Å². The van der Waals surface area contributed by atoms with Gasteiger partial charge in [0.05, 0.1) is 12.1 Å². The van der Waals surface area contributed by atoms with Gasteiger partial charge >= 0.3 is 5.97 Å². The first-order valence-corrected chi connectivity index (χ1v) is 3.24. The largest absolute Gasteiger partial charge is 0.460 e. The van der Waals surface area contributed by atoms with Crippen LogP contribution in [-0.2, 0) is 14.3 Å². The number of hydrogen-bond donors (Lipinski definition) is 0. The highest BCUT2D eigenvalue weighted by Crippen LogP contribution is 1.94. The molecule has 0 aromatic carbocycles. The van der Waals surface area contributed by atoms with Gasteiger partial charge in [0.1, 0.15) is 6.61 Å². The standard InChI is InChI=1S/C8H9NO3/c1-3-7(2)8(11)12-5-4-9-6-10/h3H,1-2,4-5H2. The molecule has 0 fully saturated rings. The zero-order valence-electron chi connectivity index (χ0n) is 6.58. The van der Waals surface area contributed by atoms with E-state index in [9.17, 15) is 9.59 Å². The van der Waals surface area contributed by atoms with Crippen LogP contribution in [0.5, 0.6) is 0 Å². The molecular formula is C8H9NO3. The van der Waals surface area contributed by atoms with Gasteiger partial charge in [0.15, 0.2) is 0 Å². The molecule has 0 saturated heterocycles. The smallest absolute Gasteiger partial charge is 0.337 e. The molecular weight excluding hydrogens is 158 g/mol.